The average molecular weight is 248 g/mol. The van der Waals surface area contributed by atoms with Gasteiger partial charge in [-0.2, -0.15) is 0 Å². The van der Waals surface area contributed by atoms with Crippen LogP contribution in [0.3, 0.4) is 0 Å². The van der Waals surface area contributed by atoms with Gasteiger partial charge in [0, 0.05) is 12.6 Å². The molecule has 6 heteroatoms. The zero-order valence-electron chi connectivity index (χ0n) is 9.69. The Morgan fingerprint density at radius 1 is 1.44 bits per heavy atom. The van der Waals surface area contributed by atoms with Gasteiger partial charge in [0.1, 0.15) is 0 Å². The first-order chi connectivity index (χ1) is 8.47. The highest BCUT2D eigenvalue weighted by atomic mass is 16.4. The van der Waals surface area contributed by atoms with E-state index < -0.39 is 17.9 Å². The third-order valence-electron chi connectivity index (χ3n) is 2.68. The molecule has 1 aliphatic rings. The Morgan fingerprint density at radius 3 is 2.78 bits per heavy atom. The summed E-state index contributed by atoms with van der Waals surface area (Å²) in [6.45, 7) is 1.26. The molecule has 2 amide bonds. The minimum atomic E-state index is -1.14. The van der Waals surface area contributed by atoms with Gasteiger partial charge in [-0.15, -0.1) is 0 Å². The molecular weight excluding hydrogens is 236 g/mol. The lowest BCUT2D eigenvalue weighted by molar-refractivity contribution is -0.141. The lowest BCUT2D eigenvalue weighted by atomic mass is 10.0. The number of carboxylic acids is 1. The van der Waals surface area contributed by atoms with Crippen LogP contribution in [0.2, 0.25) is 0 Å². The zero-order chi connectivity index (χ0) is 13.3. The number of benzene rings is 1. The van der Waals surface area contributed by atoms with E-state index in [2.05, 4.69) is 10.6 Å². The Labute approximate surface area is 103 Å². The minimum absolute atomic E-state index is 0.117. The van der Waals surface area contributed by atoms with Gasteiger partial charge in [-0.1, -0.05) is 12.1 Å². The fourth-order valence-electron chi connectivity index (χ4n) is 1.92. The summed E-state index contributed by atoms with van der Waals surface area (Å²) in [4.78, 5) is 33.3. The third-order valence-corrected chi connectivity index (χ3v) is 2.68. The van der Waals surface area contributed by atoms with Gasteiger partial charge >= 0.3 is 5.97 Å². The van der Waals surface area contributed by atoms with E-state index in [9.17, 15) is 14.4 Å². The van der Waals surface area contributed by atoms with Gasteiger partial charge in [0.25, 0.3) is 0 Å². The molecule has 94 valence electrons. The van der Waals surface area contributed by atoms with E-state index >= 15 is 0 Å². The van der Waals surface area contributed by atoms with Crippen molar-refractivity contribution in [3.8, 4) is 0 Å². The lowest BCUT2D eigenvalue weighted by Crippen LogP contribution is -2.32. The van der Waals surface area contributed by atoms with Gasteiger partial charge in [0.05, 0.1) is 6.42 Å². The van der Waals surface area contributed by atoms with Crippen LogP contribution >= 0.6 is 0 Å². The number of carbonyl (C=O) groups excluding carboxylic acids is 2. The van der Waals surface area contributed by atoms with Crippen LogP contribution in [0.1, 0.15) is 24.1 Å². The van der Waals surface area contributed by atoms with Crippen molar-refractivity contribution in [2.75, 3.05) is 5.32 Å². The van der Waals surface area contributed by atoms with Gasteiger partial charge in [-0.25, -0.2) is 4.79 Å². The van der Waals surface area contributed by atoms with Crippen molar-refractivity contribution in [2.45, 2.75) is 19.4 Å². The molecule has 1 unspecified atom stereocenters. The maximum Gasteiger partial charge on any atom is 0.330 e. The monoisotopic (exact) mass is 248 g/mol. The summed E-state index contributed by atoms with van der Waals surface area (Å²) >= 11 is 0. The number of hydrogen-bond acceptors (Lipinski definition) is 3. The van der Waals surface area contributed by atoms with Gasteiger partial charge in [-0.3, -0.25) is 9.59 Å². The van der Waals surface area contributed by atoms with Crippen LogP contribution in [0.4, 0.5) is 5.69 Å². The summed E-state index contributed by atoms with van der Waals surface area (Å²) in [5.74, 6) is -1.67. The smallest absolute Gasteiger partial charge is 0.330 e. The highest BCUT2D eigenvalue weighted by molar-refractivity contribution is 5.99. The molecule has 0 radical (unpaired) electrons. The SMILES string of the molecule is CC(=O)NC(C(=O)O)c1ccc2c(c1)CC(=O)N2. The second-order valence-electron chi connectivity index (χ2n) is 4.11. The molecule has 0 saturated heterocycles. The molecule has 1 aromatic carbocycles. The van der Waals surface area contributed by atoms with Crippen LogP contribution in [0.15, 0.2) is 18.2 Å². The quantitative estimate of drug-likeness (QED) is 0.723. The minimum Gasteiger partial charge on any atom is -0.479 e. The van der Waals surface area contributed by atoms with Crippen LogP contribution in [-0.2, 0) is 20.8 Å². The number of rotatable bonds is 3. The summed E-state index contributed by atoms with van der Waals surface area (Å²) < 4.78 is 0. The first kappa shape index (κ1) is 12.1. The summed E-state index contributed by atoms with van der Waals surface area (Å²) in [5, 5.41) is 14.1. The first-order valence-electron chi connectivity index (χ1n) is 5.40. The second kappa shape index (κ2) is 4.48. The Morgan fingerprint density at radius 2 is 2.17 bits per heavy atom. The summed E-state index contributed by atoms with van der Waals surface area (Å²) in [6, 6.07) is 3.76. The molecule has 1 heterocycles. The average Bonchev–Trinajstić information content (AvgIpc) is 2.64. The molecule has 2 rings (SSSR count). The number of anilines is 1. The van der Waals surface area contributed by atoms with E-state index in [1.807, 2.05) is 0 Å². The molecule has 1 aliphatic heterocycles. The predicted molar refractivity (Wildman–Crippen MR) is 63.0 cm³/mol. The Balaban J connectivity index is 2.32. The topological polar surface area (TPSA) is 95.5 Å². The van der Waals surface area contributed by atoms with Crippen molar-refractivity contribution in [1.82, 2.24) is 5.32 Å². The molecule has 1 atom stereocenters. The second-order valence-corrected chi connectivity index (χ2v) is 4.11. The largest absolute Gasteiger partial charge is 0.479 e. The van der Waals surface area contributed by atoms with Crippen LogP contribution < -0.4 is 10.6 Å². The molecule has 18 heavy (non-hydrogen) atoms. The predicted octanol–water partition coefficient (Wildman–Crippen LogP) is 0.443. The highest BCUT2D eigenvalue weighted by Gasteiger charge is 2.24. The maximum atomic E-state index is 11.2. The third kappa shape index (κ3) is 2.32. The number of hydrogen-bond donors (Lipinski definition) is 3. The maximum absolute atomic E-state index is 11.2. The molecule has 0 saturated carbocycles. The van der Waals surface area contributed by atoms with E-state index in [1.54, 1.807) is 18.2 Å². The number of amides is 2. The lowest BCUT2D eigenvalue weighted by Gasteiger charge is -2.14. The molecule has 0 bridgehead atoms. The molecule has 0 spiro atoms. The molecule has 0 aliphatic carbocycles. The van der Waals surface area contributed by atoms with Crippen molar-refractivity contribution in [3.05, 3.63) is 29.3 Å². The molecule has 1 aromatic rings. The number of fused-ring (bicyclic) bond motifs is 1. The molecule has 3 N–H and O–H groups in total. The Kier molecular flexibility index (Phi) is 3.01. The van der Waals surface area contributed by atoms with E-state index in [0.717, 1.165) is 5.56 Å². The van der Waals surface area contributed by atoms with Gasteiger partial charge in [-0.05, 0) is 17.2 Å². The number of carbonyl (C=O) groups is 3. The van der Waals surface area contributed by atoms with Crippen molar-refractivity contribution < 1.29 is 19.5 Å². The van der Waals surface area contributed by atoms with Crippen molar-refractivity contribution >= 4 is 23.5 Å². The zero-order valence-corrected chi connectivity index (χ0v) is 9.69. The summed E-state index contributed by atoms with van der Waals surface area (Å²) in [6.07, 6.45) is 0.232. The van der Waals surface area contributed by atoms with Crippen LogP contribution in [0, 0.1) is 0 Å². The van der Waals surface area contributed by atoms with Crippen molar-refractivity contribution in [1.29, 1.82) is 0 Å². The Hall–Kier alpha value is -2.37. The van der Waals surface area contributed by atoms with Gasteiger partial charge in [0.15, 0.2) is 6.04 Å². The standard InChI is InChI=1S/C12H12N2O4/c1-6(15)13-11(12(17)18)7-2-3-9-8(4-7)5-10(16)14-9/h2-4,11H,5H2,1H3,(H,13,15)(H,14,16)(H,17,18). The van der Waals surface area contributed by atoms with Crippen LogP contribution in [0.25, 0.3) is 0 Å². The van der Waals surface area contributed by atoms with Crippen molar-refractivity contribution in [2.24, 2.45) is 0 Å². The fourth-order valence-corrected chi connectivity index (χ4v) is 1.92. The van der Waals surface area contributed by atoms with E-state index in [-0.39, 0.29) is 12.3 Å². The number of nitrogens with one attached hydrogen (secondary N) is 2. The first-order valence-corrected chi connectivity index (χ1v) is 5.40. The number of aliphatic carboxylic acids is 1. The molecule has 6 nitrogen and oxygen atoms in total. The Bertz CT molecular complexity index is 539. The van der Waals surface area contributed by atoms with E-state index in [0.29, 0.717) is 11.3 Å². The fraction of sp³-hybridized carbons (Fsp3) is 0.250. The van der Waals surface area contributed by atoms with E-state index in [4.69, 9.17) is 5.11 Å². The summed E-state index contributed by atoms with van der Waals surface area (Å²) in [5.41, 5.74) is 1.89. The number of carboxylic acid groups (broad SMARTS) is 1. The van der Waals surface area contributed by atoms with E-state index in [1.165, 1.54) is 6.92 Å². The highest BCUT2D eigenvalue weighted by Crippen LogP contribution is 2.26. The van der Waals surface area contributed by atoms with Crippen LogP contribution in [-0.4, -0.2) is 22.9 Å². The molecule has 0 fully saturated rings. The van der Waals surface area contributed by atoms with Gasteiger partial charge < -0.3 is 15.7 Å². The molecule has 0 aromatic heterocycles. The molecular formula is C12H12N2O4. The normalized spacial score (nSPS) is 14.6. The summed E-state index contributed by atoms with van der Waals surface area (Å²) in [7, 11) is 0. The van der Waals surface area contributed by atoms with Gasteiger partial charge in [0.2, 0.25) is 11.8 Å². The van der Waals surface area contributed by atoms with Crippen LogP contribution in [0.5, 0.6) is 0 Å². The van der Waals surface area contributed by atoms with Crippen molar-refractivity contribution in [3.63, 3.8) is 0 Å².